The van der Waals surface area contributed by atoms with Crippen LogP contribution >= 0.6 is 0 Å². The van der Waals surface area contributed by atoms with Crippen molar-refractivity contribution in [1.29, 1.82) is 0 Å². The van der Waals surface area contributed by atoms with Crippen LogP contribution in [0.3, 0.4) is 0 Å². The monoisotopic (exact) mass is 380 g/mol. The van der Waals surface area contributed by atoms with Crippen molar-refractivity contribution in [3.8, 4) is 17.0 Å². The van der Waals surface area contributed by atoms with Crippen molar-refractivity contribution in [3.63, 3.8) is 0 Å². The number of aromatic amines is 1. The number of benzene rings is 2. The zero-order chi connectivity index (χ0) is 20.7. The molecule has 0 bridgehead atoms. The third kappa shape index (κ3) is 4.94. The summed E-state index contributed by atoms with van der Waals surface area (Å²) in [6.07, 6.45) is 0.758. The van der Waals surface area contributed by atoms with Gasteiger partial charge in [-0.05, 0) is 47.2 Å². The zero-order valence-electron chi connectivity index (χ0n) is 17.8. The fourth-order valence-corrected chi connectivity index (χ4v) is 3.26. The van der Waals surface area contributed by atoms with Crippen LogP contribution in [0.4, 0.5) is 0 Å². The number of H-pyrrole nitrogens is 1. The van der Waals surface area contributed by atoms with Gasteiger partial charge in [0.25, 0.3) is 0 Å². The highest BCUT2D eigenvalue weighted by Gasteiger charge is 2.14. The van der Waals surface area contributed by atoms with Crippen molar-refractivity contribution in [2.75, 3.05) is 13.7 Å². The summed E-state index contributed by atoms with van der Waals surface area (Å²) in [5.74, 6) is 1.33. The average molecular weight is 381 g/mol. The van der Waals surface area contributed by atoms with Gasteiger partial charge in [-0.25, -0.2) is 0 Å². The molecule has 0 saturated heterocycles. The number of fused-ring (bicyclic) bond motifs is 1. The van der Waals surface area contributed by atoms with E-state index in [2.05, 4.69) is 54.5 Å². The number of amides is 1. The largest absolute Gasteiger partial charge is 0.497 e. The molecule has 0 aliphatic rings. The molecule has 1 aromatic heterocycles. The van der Waals surface area contributed by atoms with E-state index in [0.717, 1.165) is 34.3 Å². The minimum atomic E-state index is -0.00902. The third-order valence-corrected chi connectivity index (χ3v) is 4.73. The molecule has 0 radical (unpaired) electrons. The molecule has 1 amide bonds. The summed E-state index contributed by atoms with van der Waals surface area (Å²) in [7, 11) is 1.68. The lowest BCUT2D eigenvalue weighted by molar-refractivity contribution is -0.118. The second-order valence-corrected chi connectivity index (χ2v) is 6.90. The fourth-order valence-electron chi connectivity index (χ4n) is 3.26. The SMILES string of the molecule is CC.COc1ccc2[nH]c(-c3ccc(C(C)C)cc3)c(CCNC(C)=O)c2c1. The summed E-state index contributed by atoms with van der Waals surface area (Å²) in [6, 6.07) is 14.8. The number of nitrogens with one attached hydrogen (secondary N) is 2. The van der Waals surface area contributed by atoms with Crippen molar-refractivity contribution < 1.29 is 9.53 Å². The lowest BCUT2D eigenvalue weighted by Crippen LogP contribution is -2.22. The van der Waals surface area contributed by atoms with Crippen molar-refractivity contribution in [2.24, 2.45) is 0 Å². The molecule has 1 heterocycles. The number of rotatable bonds is 6. The molecule has 0 aliphatic carbocycles. The lowest BCUT2D eigenvalue weighted by atomic mass is 9.98. The molecule has 0 spiro atoms. The van der Waals surface area contributed by atoms with Gasteiger partial charge in [-0.1, -0.05) is 52.0 Å². The van der Waals surface area contributed by atoms with Crippen LogP contribution in [0.5, 0.6) is 5.75 Å². The van der Waals surface area contributed by atoms with Gasteiger partial charge in [-0.3, -0.25) is 4.79 Å². The van der Waals surface area contributed by atoms with Crippen LogP contribution < -0.4 is 10.1 Å². The Labute approximate surface area is 168 Å². The second kappa shape index (κ2) is 9.98. The van der Waals surface area contributed by atoms with Crippen LogP contribution in [0.1, 0.15) is 51.7 Å². The Bertz CT molecular complexity index is 908. The van der Waals surface area contributed by atoms with Gasteiger partial charge in [0.1, 0.15) is 5.75 Å². The Balaban J connectivity index is 0.00000136. The van der Waals surface area contributed by atoms with Crippen molar-refractivity contribution in [1.82, 2.24) is 10.3 Å². The van der Waals surface area contributed by atoms with Gasteiger partial charge in [0, 0.05) is 30.1 Å². The molecule has 4 heteroatoms. The molecule has 0 fully saturated rings. The Hall–Kier alpha value is -2.75. The quantitative estimate of drug-likeness (QED) is 0.579. The summed E-state index contributed by atoms with van der Waals surface area (Å²) in [6.45, 7) is 10.5. The summed E-state index contributed by atoms with van der Waals surface area (Å²) < 4.78 is 5.39. The molecule has 0 unspecified atom stereocenters. The van der Waals surface area contributed by atoms with Gasteiger partial charge >= 0.3 is 0 Å². The molecule has 0 atom stereocenters. The number of hydrogen-bond acceptors (Lipinski definition) is 2. The van der Waals surface area contributed by atoms with E-state index < -0.39 is 0 Å². The molecule has 150 valence electrons. The number of carbonyl (C=O) groups is 1. The average Bonchev–Trinajstić information content (AvgIpc) is 3.07. The molecule has 0 saturated carbocycles. The Morgan fingerprint density at radius 2 is 1.79 bits per heavy atom. The predicted molar refractivity (Wildman–Crippen MR) is 118 cm³/mol. The van der Waals surface area contributed by atoms with Crippen LogP contribution in [0.25, 0.3) is 22.2 Å². The molecule has 4 nitrogen and oxygen atoms in total. The summed E-state index contributed by atoms with van der Waals surface area (Å²) in [5, 5.41) is 4.03. The standard InChI is InChI=1S/C22H26N2O2.C2H6/c1-14(2)16-5-7-17(8-6-16)22-19(11-12-23-15(3)25)20-13-18(26-4)9-10-21(20)24-22;1-2/h5-10,13-14,24H,11-12H2,1-4H3,(H,23,25);1-2H3. The second-order valence-electron chi connectivity index (χ2n) is 6.90. The summed E-state index contributed by atoms with van der Waals surface area (Å²) in [5.41, 5.74) is 5.86. The minimum Gasteiger partial charge on any atom is -0.497 e. The highest BCUT2D eigenvalue weighted by Crippen LogP contribution is 2.33. The molecule has 28 heavy (non-hydrogen) atoms. The van der Waals surface area contributed by atoms with E-state index in [4.69, 9.17) is 4.74 Å². The van der Waals surface area contributed by atoms with Crippen molar-refractivity contribution in [3.05, 3.63) is 53.6 Å². The zero-order valence-corrected chi connectivity index (χ0v) is 17.8. The highest BCUT2D eigenvalue weighted by molar-refractivity contribution is 5.92. The van der Waals surface area contributed by atoms with E-state index >= 15 is 0 Å². The fraction of sp³-hybridized carbons (Fsp3) is 0.375. The number of methoxy groups -OCH3 is 1. The smallest absolute Gasteiger partial charge is 0.216 e. The van der Waals surface area contributed by atoms with Gasteiger partial charge in [0.05, 0.1) is 7.11 Å². The van der Waals surface area contributed by atoms with Gasteiger partial charge in [0.15, 0.2) is 0 Å². The van der Waals surface area contributed by atoms with Crippen LogP contribution in [0.2, 0.25) is 0 Å². The van der Waals surface area contributed by atoms with Crippen molar-refractivity contribution >= 4 is 16.8 Å². The minimum absolute atomic E-state index is 0.00902. The molecule has 2 N–H and O–H groups in total. The van der Waals surface area contributed by atoms with E-state index in [1.165, 1.54) is 11.1 Å². The molecule has 2 aromatic carbocycles. The van der Waals surface area contributed by atoms with E-state index in [9.17, 15) is 4.79 Å². The molecule has 3 aromatic rings. The summed E-state index contributed by atoms with van der Waals surface area (Å²) >= 11 is 0. The molecular weight excluding hydrogens is 348 g/mol. The van der Waals surface area contributed by atoms with E-state index in [0.29, 0.717) is 12.5 Å². The Morgan fingerprint density at radius 1 is 1.11 bits per heavy atom. The highest BCUT2D eigenvalue weighted by atomic mass is 16.5. The predicted octanol–water partition coefficient (Wildman–Crippen LogP) is 5.67. The van der Waals surface area contributed by atoms with E-state index in [1.807, 2.05) is 26.0 Å². The first-order valence-electron chi connectivity index (χ1n) is 10.0. The number of ether oxygens (including phenoxy) is 1. The first kappa shape index (κ1) is 21.5. The van der Waals surface area contributed by atoms with Crippen LogP contribution in [0.15, 0.2) is 42.5 Å². The maximum absolute atomic E-state index is 11.3. The number of aromatic nitrogens is 1. The van der Waals surface area contributed by atoms with Gasteiger partial charge in [-0.15, -0.1) is 0 Å². The van der Waals surface area contributed by atoms with Crippen LogP contribution in [0, 0.1) is 0 Å². The maximum atomic E-state index is 11.3. The topological polar surface area (TPSA) is 54.1 Å². The summed E-state index contributed by atoms with van der Waals surface area (Å²) in [4.78, 5) is 14.8. The number of carbonyl (C=O) groups excluding carboxylic acids is 1. The van der Waals surface area contributed by atoms with Gasteiger partial charge in [0.2, 0.25) is 5.91 Å². The molecular formula is C24H32N2O2. The van der Waals surface area contributed by atoms with Gasteiger partial charge < -0.3 is 15.0 Å². The van der Waals surface area contributed by atoms with Crippen molar-refractivity contribution in [2.45, 2.75) is 47.0 Å². The molecule has 3 rings (SSSR count). The maximum Gasteiger partial charge on any atom is 0.216 e. The Morgan fingerprint density at radius 3 is 2.36 bits per heavy atom. The van der Waals surface area contributed by atoms with E-state index in [-0.39, 0.29) is 5.91 Å². The first-order chi connectivity index (χ1) is 13.5. The Kier molecular flexibility index (Phi) is 7.68. The van der Waals surface area contributed by atoms with E-state index in [1.54, 1.807) is 14.0 Å². The van der Waals surface area contributed by atoms with Crippen LogP contribution in [-0.4, -0.2) is 24.5 Å². The molecule has 0 aliphatic heterocycles. The lowest BCUT2D eigenvalue weighted by Gasteiger charge is -2.09. The third-order valence-electron chi connectivity index (χ3n) is 4.73. The number of hydrogen-bond donors (Lipinski definition) is 2. The normalized spacial score (nSPS) is 10.5. The first-order valence-corrected chi connectivity index (χ1v) is 10.0. The van der Waals surface area contributed by atoms with Gasteiger partial charge in [-0.2, -0.15) is 0 Å². The van der Waals surface area contributed by atoms with Crippen LogP contribution in [-0.2, 0) is 11.2 Å².